The molecule has 1 N–H and O–H groups in total. The molecular formula is C24H31NO3. The number of carboxylic acid groups (broad SMARTS) is 1. The highest BCUT2D eigenvalue weighted by atomic mass is 16.5. The highest BCUT2D eigenvalue weighted by Gasteiger charge is 2.28. The molecule has 2 aromatic rings. The van der Waals surface area contributed by atoms with Crippen LogP contribution in [0.4, 0.5) is 0 Å². The smallest absolute Gasteiger partial charge is 0.306 e. The van der Waals surface area contributed by atoms with Gasteiger partial charge in [-0.05, 0) is 92.6 Å². The maximum absolute atomic E-state index is 11.2. The van der Waals surface area contributed by atoms with Crippen LogP contribution in [0.5, 0.6) is 5.75 Å². The van der Waals surface area contributed by atoms with Crippen LogP contribution in [0.1, 0.15) is 63.5 Å². The van der Waals surface area contributed by atoms with Crippen LogP contribution in [0.2, 0.25) is 0 Å². The number of fused-ring (bicyclic) bond motifs is 1. The van der Waals surface area contributed by atoms with Crippen molar-refractivity contribution in [2.75, 3.05) is 13.1 Å². The molecule has 0 spiro atoms. The molecule has 0 radical (unpaired) electrons. The topological polar surface area (TPSA) is 49.8 Å². The molecule has 1 atom stereocenters. The number of aliphatic carboxylic acids is 1. The highest BCUT2D eigenvalue weighted by Crippen LogP contribution is 2.32. The predicted octanol–water partition coefficient (Wildman–Crippen LogP) is 5.41. The van der Waals surface area contributed by atoms with Crippen molar-refractivity contribution >= 4 is 16.7 Å². The fraction of sp³-hybridized carbons (Fsp3) is 0.542. The second-order valence-electron chi connectivity index (χ2n) is 8.37. The first-order valence-corrected chi connectivity index (χ1v) is 10.8. The van der Waals surface area contributed by atoms with Crippen molar-refractivity contribution in [3.8, 4) is 5.75 Å². The van der Waals surface area contributed by atoms with Crippen LogP contribution >= 0.6 is 0 Å². The van der Waals surface area contributed by atoms with Crippen molar-refractivity contribution < 1.29 is 14.6 Å². The summed E-state index contributed by atoms with van der Waals surface area (Å²) in [6, 6.07) is 13.5. The van der Waals surface area contributed by atoms with Crippen LogP contribution in [-0.2, 0) is 4.79 Å². The number of ether oxygens (including phenoxy) is 1. The molecule has 4 rings (SSSR count). The van der Waals surface area contributed by atoms with Gasteiger partial charge < -0.3 is 9.84 Å². The van der Waals surface area contributed by atoms with E-state index in [0.717, 1.165) is 38.1 Å². The SMILES string of the molecule is CCC(c1ccc2cc(OC3CCCC3)ccc2c1)N1CCC(C(=O)O)CC1. The maximum Gasteiger partial charge on any atom is 0.306 e. The van der Waals surface area contributed by atoms with E-state index in [1.807, 2.05) is 0 Å². The number of hydrogen-bond donors (Lipinski definition) is 1. The number of rotatable bonds is 6. The van der Waals surface area contributed by atoms with Crippen molar-refractivity contribution in [1.29, 1.82) is 0 Å². The van der Waals surface area contributed by atoms with E-state index in [2.05, 4.69) is 48.2 Å². The number of carbonyl (C=O) groups is 1. The fourth-order valence-electron chi connectivity index (χ4n) is 4.88. The van der Waals surface area contributed by atoms with E-state index in [0.29, 0.717) is 12.1 Å². The summed E-state index contributed by atoms with van der Waals surface area (Å²) in [7, 11) is 0. The Bertz CT molecular complexity index is 820. The van der Waals surface area contributed by atoms with Crippen LogP contribution in [0.3, 0.4) is 0 Å². The summed E-state index contributed by atoms with van der Waals surface area (Å²) in [5.74, 6) is 0.160. The third-order valence-corrected chi connectivity index (χ3v) is 6.53. The molecule has 0 amide bonds. The lowest BCUT2D eigenvalue weighted by Crippen LogP contribution is -2.38. The molecule has 1 saturated carbocycles. The average Bonchev–Trinajstić information content (AvgIpc) is 3.22. The van der Waals surface area contributed by atoms with Gasteiger partial charge in [0.05, 0.1) is 12.0 Å². The second-order valence-corrected chi connectivity index (χ2v) is 8.37. The van der Waals surface area contributed by atoms with E-state index in [1.165, 1.54) is 42.0 Å². The molecule has 1 saturated heterocycles. The van der Waals surface area contributed by atoms with Crippen LogP contribution in [0.25, 0.3) is 10.8 Å². The Hall–Kier alpha value is -2.07. The quantitative estimate of drug-likeness (QED) is 0.727. The molecule has 2 aliphatic rings. The van der Waals surface area contributed by atoms with E-state index in [4.69, 9.17) is 4.74 Å². The summed E-state index contributed by atoms with van der Waals surface area (Å²) in [6.07, 6.45) is 7.83. The Labute approximate surface area is 167 Å². The lowest BCUT2D eigenvalue weighted by molar-refractivity contribution is -0.143. The lowest BCUT2D eigenvalue weighted by Gasteiger charge is -2.36. The zero-order chi connectivity index (χ0) is 19.5. The molecule has 4 nitrogen and oxygen atoms in total. The van der Waals surface area contributed by atoms with Crippen molar-refractivity contribution in [2.45, 2.75) is 64.0 Å². The minimum absolute atomic E-state index is 0.177. The van der Waals surface area contributed by atoms with Crippen LogP contribution < -0.4 is 4.74 Å². The third kappa shape index (κ3) is 4.17. The summed E-state index contributed by atoms with van der Waals surface area (Å²) in [5.41, 5.74) is 1.33. The number of piperidine rings is 1. The first-order chi connectivity index (χ1) is 13.6. The molecule has 28 heavy (non-hydrogen) atoms. The van der Waals surface area contributed by atoms with Gasteiger partial charge in [-0.3, -0.25) is 9.69 Å². The Morgan fingerprint density at radius 3 is 2.43 bits per heavy atom. The van der Waals surface area contributed by atoms with E-state index in [-0.39, 0.29) is 5.92 Å². The summed E-state index contributed by atoms with van der Waals surface area (Å²) in [6.45, 7) is 3.94. The summed E-state index contributed by atoms with van der Waals surface area (Å²) >= 11 is 0. The van der Waals surface area contributed by atoms with Crippen LogP contribution in [0.15, 0.2) is 36.4 Å². The van der Waals surface area contributed by atoms with E-state index >= 15 is 0 Å². The number of likely N-dealkylation sites (tertiary alicyclic amines) is 1. The zero-order valence-electron chi connectivity index (χ0n) is 16.8. The van der Waals surface area contributed by atoms with Gasteiger partial charge in [0.2, 0.25) is 0 Å². The number of carboxylic acids is 1. The molecule has 2 fully saturated rings. The van der Waals surface area contributed by atoms with Gasteiger partial charge in [0.25, 0.3) is 0 Å². The van der Waals surface area contributed by atoms with E-state index in [9.17, 15) is 9.90 Å². The van der Waals surface area contributed by atoms with Gasteiger partial charge in [-0.1, -0.05) is 25.1 Å². The number of nitrogens with zero attached hydrogens (tertiary/aromatic N) is 1. The van der Waals surface area contributed by atoms with Gasteiger partial charge in [-0.2, -0.15) is 0 Å². The van der Waals surface area contributed by atoms with E-state index in [1.54, 1.807) is 0 Å². The first-order valence-electron chi connectivity index (χ1n) is 10.8. The van der Waals surface area contributed by atoms with E-state index < -0.39 is 5.97 Å². The van der Waals surface area contributed by atoms with Gasteiger partial charge in [0.15, 0.2) is 0 Å². The summed E-state index contributed by atoms with van der Waals surface area (Å²) < 4.78 is 6.15. The number of benzene rings is 2. The van der Waals surface area contributed by atoms with Crippen LogP contribution in [-0.4, -0.2) is 35.2 Å². The molecule has 1 heterocycles. The molecule has 0 aromatic heterocycles. The number of hydrogen-bond acceptors (Lipinski definition) is 3. The molecule has 4 heteroatoms. The molecule has 2 aromatic carbocycles. The Balaban J connectivity index is 1.49. The molecule has 1 unspecified atom stereocenters. The zero-order valence-corrected chi connectivity index (χ0v) is 16.8. The van der Waals surface area contributed by atoms with Gasteiger partial charge in [0.1, 0.15) is 5.75 Å². The van der Waals surface area contributed by atoms with Crippen molar-refractivity contribution in [3.05, 3.63) is 42.0 Å². The predicted molar refractivity (Wildman–Crippen MR) is 112 cm³/mol. The molecule has 1 aliphatic carbocycles. The minimum Gasteiger partial charge on any atom is -0.490 e. The Morgan fingerprint density at radius 2 is 1.75 bits per heavy atom. The highest BCUT2D eigenvalue weighted by molar-refractivity contribution is 5.84. The van der Waals surface area contributed by atoms with Crippen molar-refractivity contribution in [1.82, 2.24) is 4.90 Å². The summed E-state index contributed by atoms with van der Waals surface area (Å²) in [5, 5.41) is 11.7. The summed E-state index contributed by atoms with van der Waals surface area (Å²) in [4.78, 5) is 13.7. The van der Waals surface area contributed by atoms with Crippen molar-refractivity contribution in [3.63, 3.8) is 0 Å². The normalized spacial score (nSPS) is 20.5. The van der Waals surface area contributed by atoms with Crippen LogP contribution in [0, 0.1) is 5.92 Å². The Morgan fingerprint density at radius 1 is 1.07 bits per heavy atom. The largest absolute Gasteiger partial charge is 0.490 e. The molecule has 150 valence electrons. The van der Waals surface area contributed by atoms with Crippen molar-refractivity contribution in [2.24, 2.45) is 5.92 Å². The fourth-order valence-corrected chi connectivity index (χ4v) is 4.88. The molecule has 0 bridgehead atoms. The van der Waals surface area contributed by atoms with Gasteiger partial charge in [-0.25, -0.2) is 0 Å². The second kappa shape index (κ2) is 8.52. The molecule has 1 aliphatic heterocycles. The molecular weight excluding hydrogens is 350 g/mol. The van der Waals surface area contributed by atoms with Gasteiger partial charge in [-0.15, -0.1) is 0 Å². The average molecular weight is 382 g/mol. The lowest BCUT2D eigenvalue weighted by atomic mass is 9.93. The third-order valence-electron chi connectivity index (χ3n) is 6.53. The Kier molecular flexibility index (Phi) is 5.86. The van der Waals surface area contributed by atoms with Gasteiger partial charge >= 0.3 is 5.97 Å². The standard InChI is InChI=1S/C24H31NO3/c1-2-23(25-13-11-17(12-14-25)24(26)27)20-8-7-19-16-22(10-9-18(19)15-20)28-21-5-3-4-6-21/h7-10,15-17,21,23H,2-6,11-14H2,1H3,(H,26,27). The minimum atomic E-state index is -0.644. The first kappa shape index (κ1) is 19.3. The monoisotopic (exact) mass is 381 g/mol. The van der Waals surface area contributed by atoms with Gasteiger partial charge in [0, 0.05) is 6.04 Å². The maximum atomic E-state index is 11.2.